The lowest BCUT2D eigenvalue weighted by Crippen LogP contribution is -2.81. The zero-order valence-corrected chi connectivity index (χ0v) is 60.9. The number of aliphatic hydroxyl groups excluding tert-OH is 2. The molecule has 560 valence electrons. The Morgan fingerprint density at radius 3 is 2.24 bits per heavy atom. The van der Waals surface area contributed by atoms with E-state index in [2.05, 4.69) is 39.1 Å². The average Bonchev–Trinajstić information content (AvgIpc) is 1.50. The van der Waals surface area contributed by atoms with Crippen molar-refractivity contribution in [3.63, 3.8) is 0 Å². The van der Waals surface area contributed by atoms with E-state index < -0.39 is 124 Å². The molecule has 2 aliphatic carbocycles. The maximum atomic E-state index is 15.3. The van der Waals surface area contributed by atoms with Crippen LogP contribution in [0.4, 0.5) is 5.69 Å². The highest BCUT2D eigenvalue weighted by molar-refractivity contribution is 7.10. The summed E-state index contributed by atoms with van der Waals surface area (Å²) in [4.78, 5) is 67.5. The van der Waals surface area contributed by atoms with Crippen LogP contribution in [0.25, 0.3) is 10.9 Å². The molecule has 6 fully saturated rings. The quantitative estimate of drug-likeness (QED) is 0.0396. The van der Waals surface area contributed by atoms with Gasteiger partial charge in [-0.25, -0.2) is 4.79 Å². The molecule has 105 heavy (non-hydrogen) atoms. The van der Waals surface area contributed by atoms with Gasteiger partial charge in [0.2, 0.25) is 18.1 Å². The summed E-state index contributed by atoms with van der Waals surface area (Å²) in [5.74, 6) is -2.65. The number of aromatic amines is 1. The Morgan fingerprint density at radius 1 is 0.800 bits per heavy atom. The summed E-state index contributed by atoms with van der Waals surface area (Å²) in [7, 11) is 9.02. The molecule has 27 heteroatoms. The fourth-order valence-electron chi connectivity index (χ4n) is 20.7. The van der Waals surface area contributed by atoms with Gasteiger partial charge in [-0.1, -0.05) is 50.3 Å². The molecule has 0 radical (unpaired) electrons. The van der Waals surface area contributed by atoms with Gasteiger partial charge in [0.05, 0.1) is 77.3 Å². The smallest absolute Gasteiger partial charge is 0.344 e. The van der Waals surface area contributed by atoms with Crippen molar-refractivity contribution in [1.82, 2.24) is 14.8 Å². The number of benzene rings is 4. The van der Waals surface area contributed by atoms with Gasteiger partial charge < -0.3 is 97.0 Å². The lowest BCUT2D eigenvalue weighted by atomic mass is 9.47. The highest BCUT2D eigenvalue weighted by Gasteiger charge is 2.80. The Morgan fingerprint density at radius 2 is 1.54 bits per heavy atom. The molecule has 4 unspecified atom stereocenters. The van der Waals surface area contributed by atoms with E-state index in [4.69, 9.17) is 61.6 Å². The predicted molar refractivity (Wildman–Crippen MR) is 376 cm³/mol. The molecular formula is C78H90N4O22S. The first-order chi connectivity index (χ1) is 50.6. The first kappa shape index (κ1) is 71.2. The normalized spacial score (nSPS) is 35.8. The number of methoxy groups -OCH3 is 5. The van der Waals surface area contributed by atoms with Crippen LogP contribution >= 0.6 is 11.3 Å². The molecule has 9 aliphatic heterocycles. The zero-order valence-electron chi connectivity index (χ0n) is 60.1. The molecule has 1 spiro atoms. The molecule has 11 aliphatic rings. The number of aromatic hydroxyl groups is 1. The largest absolute Gasteiger partial charge is 0.502 e. The van der Waals surface area contributed by atoms with Gasteiger partial charge in [-0.2, -0.15) is 0 Å². The number of ether oxygens (including phenoxy) is 13. The number of nitrogens with zero attached hydrogens (tertiary/aromatic N) is 3. The molecule has 11 heterocycles. The van der Waals surface area contributed by atoms with Crippen LogP contribution in [0.15, 0.2) is 90.3 Å². The summed E-state index contributed by atoms with van der Waals surface area (Å²) in [5.41, 5.74) is 0.375. The third-order valence-electron chi connectivity index (χ3n) is 25.0. The monoisotopic (exact) mass is 1470 g/mol. The molecule has 6 aromatic rings. The summed E-state index contributed by atoms with van der Waals surface area (Å²) in [6.45, 7) is 8.80. The SMILES string of the molecule is CC[C@]1(O)C[C@@H]2CN(CCc3c([nH]c4ccccc34)[C@@](C(=O)OC)(c3cc4c(cc3OC)N(C)[C@H]3[C@@](O)(C(=O)OC)[C@H](OC(C)=O)[C@]5(CC)C=CCN6CC[C@]43[C@@H]65)C2)C1.COc1cc([C@@H]2c3cc4c(cc3C(O[C@@H]3O[C@@H]5COC(c6cccs6)O[C@H]5[C@H](O)[C@H]3O)C3COC(=O)[C@@H]32)OCO4)cc(OC)c1O. The molecule has 4 aromatic carbocycles. The number of likely N-dealkylation sites (N-methyl/N-ethyl adjacent to an activating group) is 1. The summed E-state index contributed by atoms with van der Waals surface area (Å²) < 4.78 is 76.5. The van der Waals surface area contributed by atoms with E-state index in [1.54, 1.807) is 25.3 Å². The molecule has 26 nitrogen and oxygen atoms in total. The minimum absolute atomic E-state index is 0.0242. The van der Waals surface area contributed by atoms with E-state index in [0.29, 0.717) is 111 Å². The van der Waals surface area contributed by atoms with Gasteiger partial charge in [0.25, 0.3) is 0 Å². The van der Waals surface area contributed by atoms with Crippen molar-refractivity contribution < 1.29 is 106 Å². The van der Waals surface area contributed by atoms with Gasteiger partial charge in [0, 0.05) is 103 Å². The van der Waals surface area contributed by atoms with Crippen molar-refractivity contribution in [1.29, 1.82) is 0 Å². The number of phenols is 1. The molecule has 6 N–H and O–H groups in total. The second-order valence-corrected chi connectivity index (χ2v) is 31.0. The van der Waals surface area contributed by atoms with Crippen molar-refractivity contribution in [2.45, 2.75) is 149 Å². The molecule has 2 aromatic heterocycles. The van der Waals surface area contributed by atoms with Crippen LogP contribution in [0, 0.1) is 23.2 Å². The summed E-state index contributed by atoms with van der Waals surface area (Å²) in [5, 5.41) is 61.3. The number of carbonyl (C=O) groups is 4. The highest BCUT2D eigenvalue weighted by atomic mass is 32.1. The highest BCUT2D eigenvalue weighted by Crippen LogP contribution is 2.69. The van der Waals surface area contributed by atoms with Crippen molar-refractivity contribution in [3.05, 3.63) is 134 Å². The number of esters is 4. The minimum atomic E-state index is -2.30. The number of anilines is 1. The summed E-state index contributed by atoms with van der Waals surface area (Å²) in [6, 6.07) is 21.6. The van der Waals surface area contributed by atoms with Crippen LogP contribution in [0.3, 0.4) is 0 Å². The third-order valence-corrected chi connectivity index (χ3v) is 25.9. The first-order valence-corrected chi connectivity index (χ1v) is 37.0. The topological polar surface area (TPSA) is 315 Å². The number of hydrogen-bond acceptors (Lipinski definition) is 26. The van der Waals surface area contributed by atoms with E-state index in [-0.39, 0.29) is 49.2 Å². The van der Waals surface area contributed by atoms with E-state index >= 15 is 4.79 Å². The fraction of sp³-hybridized carbons (Fsp3) is 0.538. The minimum Gasteiger partial charge on any atom is -0.502 e. The van der Waals surface area contributed by atoms with Gasteiger partial charge in [-0.15, -0.1) is 11.3 Å². The number of hydrogen-bond donors (Lipinski definition) is 6. The maximum absolute atomic E-state index is 15.3. The number of aromatic nitrogens is 1. The van der Waals surface area contributed by atoms with Crippen LogP contribution in [0.1, 0.15) is 115 Å². The lowest BCUT2D eigenvalue weighted by molar-refractivity contribution is -0.368. The molecule has 17 rings (SSSR count). The summed E-state index contributed by atoms with van der Waals surface area (Å²) >= 11 is 1.46. The number of carbonyl (C=O) groups excluding carboxylic acids is 4. The van der Waals surface area contributed by atoms with Gasteiger partial charge >= 0.3 is 23.9 Å². The lowest BCUT2D eigenvalue weighted by Gasteiger charge is -2.63. The van der Waals surface area contributed by atoms with Crippen molar-refractivity contribution in [3.8, 4) is 34.5 Å². The van der Waals surface area contributed by atoms with Crippen LogP contribution < -0.4 is 28.6 Å². The average molecular weight is 1470 g/mol. The molecular weight excluding hydrogens is 1380 g/mol. The van der Waals surface area contributed by atoms with Crippen molar-refractivity contribution in [2.24, 2.45) is 23.2 Å². The zero-order chi connectivity index (χ0) is 73.6. The van der Waals surface area contributed by atoms with Gasteiger partial charge in [-0.05, 0) is 127 Å². The van der Waals surface area contributed by atoms with Gasteiger partial charge in [-0.3, -0.25) is 24.2 Å². The number of cyclic esters (lactones) is 1. The number of H-pyrrole nitrogens is 1. The number of nitrogens with one attached hydrogen (secondary N) is 1. The number of piperidine rings is 1. The van der Waals surface area contributed by atoms with Crippen LogP contribution in [-0.4, -0.2) is 220 Å². The van der Waals surface area contributed by atoms with Crippen molar-refractivity contribution in [2.75, 3.05) is 100 Å². The Labute approximate surface area is 610 Å². The van der Waals surface area contributed by atoms with Crippen molar-refractivity contribution >= 4 is 51.8 Å². The Kier molecular flexibility index (Phi) is 18.1. The second-order valence-electron chi connectivity index (χ2n) is 30.0. The van der Waals surface area contributed by atoms with E-state index in [1.807, 2.05) is 73.6 Å². The molecule has 0 amide bonds. The van der Waals surface area contributed by atoms with Gasteiger partial charge in [0.15, 0.2) is 41.7 Å². The number of rotatable bonds is 13. The molecule has 1 saturated carbocycles. The van der Waals surface area contributed by atoms with Crippen LogP contribution in [-0.2, 0) is 74.3 Å². The molecule has 20 atom stereocenters. The number of fused-ring (bicyclic) bond motifs is 10. The predicted octanol–water partition coefficient (Wildman–Crippen LogP) is 6.74. The fourth-order valence-corrected chi connectivity index (χ4v) is 21.4. The van der Waals surface area contributed by atoms with E-state index in [1.165, 1.54) is 46.7 Å². The molecule has 2 bridgehead atoms. The number of thiophene rings is 1. The first-order valence-electron chi connectivity index (χ1n) is 36.1. The van der Waals surface area contributed by atoms with Crippen LogP contribution in [0.2, 0.25) is 0 Å². The summed E-state index contributed by atoms with van der Waals surface area (Å²) in [6.07, 6.45) is -1.22. The second kappa shape index (κ2) is 26.7. The molecule has 5 saturated heterocycles. The van der Waals surface area contributed by atoms with E-state index in [9.17, 15) is 39.9 Å². The van der Waals surface area contributed by atoms with E-state index in [0.717, 1.165) is 38.3 Å². The Hall–Kier alpha value is -8.06. The number of phenolic OH excluding ortho intramolecular Hbond substituents is 1. The van der Waals surface area contributed by atoms with Crippen LogP contribution in [0.5, 0.6) is 34.5 Å². The number of para-hydroxylation sites is 1. The number of aliphatic hydroxyl groups is 4. The Balaban J connectivity index is 0.000000166. The third kappa shape index (κ3) is 10.7. The standard InChI is InChI=1S/C46H58N4O9.C32H32O13S/c1-8-42(54)23-28-24-45(40(52)57-6,36-30(15-19-49(25-28)26-42)29-13-10-11-14-33(29)47-36)32-21-31-34(22-35(32)56-5)48(4)38-44(31)17-20-50-18-12-16-43(9-2,37(44)50)39(59-27(3)51)46(38,55)41(53)58-7;1-37-19-6-13(7-20(38-2)25(19)33)23-14-8-17-18(42-12-41-17)9-15(14)28(16-10-39-30(36)24(16)23)44-32-27(35)26(34)29-21(43-32)11-40-31(45-29)22-4-3-5-46-22/h10-14,16,21-22,28,37-39,47,54-55H,8-9,15,17-20,23-26H2,1-7H3;3-9,16,21,23-24,26-29,31-35H,10-12H2,1-2H3/t28-,37-,38+,39+,42-,43+,44+,45-,46-;16?,21-,23-,24+,26-,27-,28?,29-,31?,32+/m01/s1. The maximum Gasteiger partial charge on any atom is 0.344 e. The van der Waals surface area contributed by atoms with Gasteiger partial charge in [0.1, 0.15) is 35.6 Å². The Bertz CT molecular complexity index is 4410.